The smallest absolute Gasteiger partial charge is 0.226 e. The third kappa shape index (κ3) is 2.84. The molecule has 1 amide bonds. The molecular weight excluding hydrogens is 414 g/mol. The molecule has 1 aromatic carbocycles. The number of hydrogen-bond acceptors (Lipinski definition) is 5. The average molecular weight is 442 g/mol. The van der Waals surface area contributed by atoms with Crippen molar-refractivity contribution >= 4 is 15.7 Å². The molecule has 6 rings (SSSR count). The Bertz CT molecular complexity index is 1150. The number of hydrogen-bond donors (Lipinski definition) is 1. The molecule has 31 heavy (non-hydrogen) atoms. The second-order valence-corrected chi connectivity index (χ2v) is 12.0. The van der Waals surface area contributed by atoms with Gasteiger partial charge in [0.2, 0.25) is 5.91 Å². The van der Waals surface area contributed by atoms with Gasteiger partial charge in [-0.3, -0.25) is 4.79 Å². The molecule has 0 bridgehead atoms. The van der Waals surface area contributed by atoms with Gasteiger partial charge in [-0.15, -0.1) is 0 Å². The maximum absolute atomic E-state index is 12.8. The van der Waals surface area contributed by atoms with E-state index >= 15 is 0 Å². The molecule has 2 saturated heterocycles. The Balaban J connectivity index is 1.15. The van der Waals surface area contributed by atoms with E-state index < -0.39 is 15.9 Å². The van der Waals surface area contributed by atoms with Crippen molar-refractivity contribution in [2.75, 3.05) is 24.6 Å². The lowest BCUT2D eigenvalue weighted by molar-refractivity contribution is -0.165. The lowest BCUT2D eigenvalue weighted by atomic mass is 9.53. The molecule has 0 radical (unpaired) electrons. The predicted molar refractivity (Wildman–Crippen MR) is 115 cm³/mol. The number of amides is 1. The summed E-state index contributed by atoms with van der Waals surface area (Å²) in [5.74, 6) is -0.145. The van der Waals surface area contributed by atoms with Crippen LogP contribution in [0.2, 0.25) is 0 Å². The van der Waals surface area contributed by atoms with Gasteiger partial charge in [-0.1, -0.05) is 24.3 Å². The first-order valence-electron chi connectivity index (χ1n) is 11.2. The van der Waals surface area contributed by atoms with Crippen molar-refractivity contribution in [2.45, 2.75) is 37.8 Å². The Kier molecular flexibility index (Phi) is 4.18. The fraction of sp³-hybridized carbons (Fsp3) is 0.565. The number of aromatic nitrogens is 2. The van der Waals surface area contributed by atoms with Crippen LogP contribution in [0.3, 0.4) is 0 Å². The minimum Gasteiger partial charge on any atom is -0.392 e. The summed E-state index contributed by atoms with van der Waals surface area (Å²) < 4.78 is 25.7. The van der Waals surface area contributed by atoms with Crippen LogP contribution < -0.4 is 0 Å². The highest BCUT2D eigenvalue weighted by atomic mass is 32.2. The molecule has 8 heteroatoms. The molecule has 4 heterocycles. The van der Waals surface area contributed by atoms with Gasteiger partial charge in [-0.25, -0.2) is 13.4 Å². The minimum atomic E-state index is -3.06. The van der Waals surface area contributed by atoms with Crippen LogP contribution in [0.25, 0.3) is 11.3 Å². The second-order valence-electron chi connectivity index (χ2n) is 9.82. The third-order valence-corrected chi connectivity index (χ3v) is 10.0. The van der Waals surface area contributed by atoms with E-state index in [0.717, 1.165) is 25.0 Å². The number of sulfone groups is 1. The summed E-state index contributed by atoms with van der Waals surface area (Å²) in [6.45, 7) is 1.22. The normalized spacial score (nSPS) is 32.5. The molecule has 4 atom stereocenters. The van der Waals surface area contributed by atoms with Gasteiger partial charge in [-0.05, 0) is 31.2 Å². The molecule has 7 nitrogen and oxygen atoms in total. The van der Waals surface area contributed by atoms with E-state index in [1.54, 1.807) is 0 Å². The molecule has 4 aliphatic rings. The van der Waals surface area contributed by atoms with Gasteiger partial charge in [0, 0.05) is 30.0 Å². The topological polar surface area (TPSA) is 92.5 Å². The van der Waals surface area contributed by atoms with Crippen molar-refractivity contribution in [2.24, 2.45) is 17.3 Å². The van der Waals surface area contributed by atoms with Crippen molar-refractivity contribution in [3.63, 3.8) is 0 Å². The molecule has 1 spiro atoms. The number of aliphatic hydroxyl groups excluding tert-OH is 1. The quantitative estimate of drug-likeness (QED) is 0.768. The fourth-order valence-electron chi connectivity index (χ4n) is 6.51. The average Bonchev–Trinajstić information content (AvgIpc) is 3.46. The molecule has 2 aromatic rings. The Morgan fingerprint density at radius 1 is 1.19 bits per heavy atom. The highest BCUT2D eigenvalue weighted by Crippen LogP contribution is 2.59. The first-order chi connectivity index (χ1) is 14.9. The maximum atomic E-state index is 12.8. The summed E-state index contributed by atoms with van der Waals surface area (Å²) in [7, 11) is -3.06. The number of carbonyl (C=O) groups is 1. The number of carbonyl (C=O) groups excluding carboxylic acids is 1. The molecule has 1 N–H and O–H groups in total. The van der Waals surface area contributed by atoms with E-state index in [9.17, 15) is 18.3 Å². The van der Waals surface area contributed by atoms with Gasteiger partial charge in [0.1, 0.15) is 0 Å². The largest absolute Gasteiger partial charge is 0.392 e. The number of nitrogens with zero attached hydrogens (tertiary/aromatic N) is 3. The number of imidazole rings is 1. The van der Waals surface area contributed by atoms with E-state index in [4.69, 9.17) is 0 Å². The predicted octanol–water partition coefficient (Wildman–Crippen LogP) is 1.88. The number of fused-ring (bicyclic) bond motifs is 3. The summed E-state index contributed by atoms with van der Waals surface area (Å²) >= 11 is 0. The summed E-state index contributed by atoms with van der Waals surface area (Å²) in [6.07, 6.45) is 6.29. The van der Waals surface area contributed by atoms with Crippen LogP contribution >= 0.6 is 0 Å². The first kappa shape index (κ1) is 19.5. The molecular formula is C23H27N3O4S. The zero-order valence-corrected chi connectivity index (χ0v) is 18.2. The highest BCUT2D eigenvalue weighted by molar-refractivity contribution is 7.91. The number of likely N-dealkylation sites (tertiary alicyclic amines) is 1. The lowest BCUT2D eigenvalue weighted by Crippen LogP contribution is -2.60. The van der Waals surface area contributed by atoms with Crippen molar-refractivity contribution in [1.29, 1.82) is 0 Å². The Labute approximate surface area is 182 Å². The van der Waals surface area contributed by atoms with Crippen LogP contribution in [-0.2, 0) is 14.6 Å². The lowest BCUT2D eigenvalue weighted by Gasteiger charge is -2.58. The van der Waals surface area contributed by atoms with Crippen molar-refractivity contribution in [1.82, 2.24) is 14.5 Å². The van der Waals surface area contributed by atoms with Crippen LogP contribution in [0.1, 0.15) is 37.3 Å². The summed E-state index contributed by atoms with van der Waals surface area (Å²) in [5.41, 5.74) is 3.43. The van der Waals surface area contributed by atoms with Gasteiger partial charge in [-0.2, -0.15) is 0 Å². The minimum absolute atomic E-state index is 0.00744. The number of piperidine rings is 1. The molecule has 1 aliphatic carbocycles. The van der Waals surface area contributed by atoms with E-state index in [0.29, 0.717) is 19.5 Å². The van der Waals surface area contributed by atoms with Crippen LogP contribution in [0, 0.1) is 17.3 Å². The monoisotopic (exact) mass is 441 g/mol. The summed E-state index contributed by atoms with van der Waals surface area (Å²) in [5, 5.41) is 11.3. The molecule has 3 aliphatic heterocycles. The number of rotatable bonds is 2. The standard InChI is InChI=1S/C23H27N3O4S/c27-21-18(20-17-4-2-1-3-16(17)19-12-24-14-26(19)20)11-23(21)6-8-25(9-7-23)22(28)15-5-10-31(29,30)13-15/h1-4,12,14-15,18,20-21,27H,5-11,13H2/t15?,18-,20+,21+/m0/s1. The van der Waals surface area contributed by atoms with Crippen LogP contribution in [0.15, 0.2) is 36.8 Å². The third-order valence-electron chi connectivity index (χ3n) is 8.25. The van der Waals surface area contributed by atoms with Crippen LogP contribution in [-0.4, -0.2) is 64.6 Å². The van der Waals surface area contributed by atoms with E-state index in [2.05, 4.69) is 27.8 Å². The molecule has 164 valence electrons. The van der Waals surface area contributed by atoms with Crippen molar-refractivity contribution in [3.8, 4) is 11.3 Å². The Morgan fingerprint density at radius 3 is 2.68 bits per heavy atom. The number of benzene rings is 1. The number of aliphatic hydroxyl groups is 1. The Hall–Kier alpha value is -2.19. The highest BCUT2D eigenvalue weighted by Gasteiger charge is 2.58. The molecule has 1 aromatic heterocycles. The van der Waals surface area contributed by atoms with Gasteiger partial charge in [0.15, 0.2) is 9.84 Å². The summed E-state index contributed by atoms with van der Waals surface area (Å²) in [6, 6.07) is 8.48. The van der Waals surface area contributed by atoms with Gasteiger partial charge in [0.25, 0.3) is 0 Å². The zero-order valence-electron chi connectivity index (χ0n) is 17.4. The summed E-state index contributed by atoms with van der Waals surface area (Å²) in [4.78, 5) is 19.0. The van der Waals surface area contributed by atoms with Gasteiger partial charge in [0.05, 0.1) is 47.8 Å². The first-order valence-corrected chi connectivity index (χ1v) is 13.0. The molecule has 1 unspecified atom stereocenters. The van der Waals surface area contributed by atoms with E-state index in [1.807, 2.05) is 23.5 Å². The fourth-order valence-corrected chi connectivity index (χ4v) is 8.24. The zero-order chi connectivity index (χ0) is 21.4. The van der Waals surface area contributed by atoms with Crippen molar-refractivity contribution in [3.05, 3.63) is 42.4 Å². The van der Waals surface area contributed by atoms with Crippen LogP contribution in [0.5, 0.6) is 0 Å². The van der Waals surface area contributed by atoms with Gasteiger partial charge >= 0.3 is 0 Å². The van der Waals surface area contributed by atoms with E-state index in [1.165, 1.54) is 11.1 Å². The maximum Gasteiger partial charge on any atom is 0.226 e. The van der Waals surface area contributed by atoms with Gasteiger partial charge < -0.3 is 14.6 Å². The second kappa shape index (κ2) is 6.65. The molecule has 1 saturated carbocycles. The van der Waals surface area contributed by atoms with E-state index in [-0.39, 0.29) is 40.7 Å². The SMILES string of the molecule is O=C(C1CCS(=O)(=O)C1)N1CCC2(CC1)C[C@@H]([C@H]1c3ccccc3-c3cncn31)[C@H]2O. The van der Waals surface area contributed by atoms with Crippen LogP contribution in [0.4, 0.5) is 0 Å². The van der Waals surface area contributed by atoms with Crippen molar-refractivity contribution < 1.29 is 18.3 Å². The molecule has 3 fully saturated rings. The Morgan fingerprint density at radius 2 is 1.97 bits per heavy atom.